The molecular formula is C8H5BrTe. The zero-order chi connectivity index (χ0) is 6.97. The van der Waals surface area contributed by atoms with E-state index in [-0.39, 0.29) is 20.4 Å². The van der Waals surface area contributed by atoms with E-state index in [0.29, 0.717) is 0 Å². The van der Waals surface area contributed by atoms with Crippen molar-refractivity contribution in [2.45, 2.75) is 0 Å². The van der Waals surface area contributed by atoms with Gasteiger partial charge in [-0.3, -0.25) is 0 Å². The van der Waals surface area contributed by atoms with Gasteiger partial charge in [-0.05, 0) is 0 Å². The monoisotopic (exact) mass is 310 g/mol. The van der Waals surface area contributed by atoms with Gasteiger partial charge in [-0.2, -0.15) is 0 Å². The van der Waals surface area contributed by atoms with E-state index >= 15 is 0 Å². The van der Waals surface area contributed by atoms with Crippen LogP contribution in [0.4, 0.5) is 0 Å². The van der Waals surface area contributed by atoms with Crippen LogP contribution in [0.3, 0.4) is 0 Å². The molecule has 1 aromatic heterocycles. The molecule has 0 atom stereocenters. The first kappa shape index (κ1) is 6.91. The van der Waals surface area contributed by atoms with Crippen molar-refractivity contribution in [2.75, 3.05) is 0 Å². The Morgan fingerprint density at radius 1 is 1.20 bits per heavy atom. The molecule has 0 unspecified atom stereocenters. The van der Waals surface area contributed by atoms with Crippen molar-refractivity contribution in [1.29, 1.82) is 0 Å². The van der Waals surface area contributed by atoms with Gasteiger partial charge in [-0.1, -0.05) is 0 Å². The molecule has 0 amide bonds. The summed E-state index contributed by atoms with van der Waals surface area (Å²) in [5.41, 5.74) is 0. The summed E-state index contributed by atoms with van der Waals surface area (Å²) in [6.07, 6.45) is 0. The van der Waals surface area contributed by atoms with Crippen molar-refractivity contribution in [3.05, 3.63) is 32.8 Å². The molecule has 50 valence electrons. The number of hydrogen-bond acceptors (Lipinski definition) is 0. The Morgan fingerprint density at radius 2 is 2.10 bits per heavy atom. The van der Waals surface area contributed by atoms with Crippen molar-refractivity contribution in [2.24, 2.45) is 0 Å². The van der Waals surface area contributed by atoms with Gasteiger partial charge in [0.2, 0.25) is 0 Å². The summed E-state index contributed by atoms with van der Waals surface area (Å²) in [5, 5.41) is 1.42. The molecule has 1 aromatic carbocycles. The first-order valence-corrected chi connectivity index (χ1v) is 6.29. The summed E-state index contributed by atoms with van der Waals surface area (Å²) in [6, 6.07) is 8.73. The fraction of sp³-hybridized carbons (Fsp3) is 0. The van der Waals surface area contributed by atoms with Crippen LogP contribution < -0.4 is 0 Å². The molecule has 0 N–H and O–H groups in total. The van der Waals surface area contributed by atoms with Crippen molar-refractivity contribution in [3.63, 3.8) is 0 Å². The first-order valence-electron chi connectivity index (χ1n) is 2.99. The van der Waals surface area contributed by atoms with Gasteiger partial charge in [0.05, 0.1) is 0 Å². The van der Waals surface area contributed by atoms with Gasteiger partial charge in [-0.15, -0.1) is 0 Å². The van der Waals surface area contributed by atoms with Crippen LogP contribution >= 0.6 is 15.9 Å². The number of halogens is 1. The molecule has 0 spiro atoms. The van der Waals surface area contributed by atoms with Crippen LogP contribution in [-0.4, -0.2) is 20.4 Å². The number of hydrogen-bond donors (Lipinski definition) is 0. The van der Waals surface area contributed by atoms with E-state index < -0.39 is 0 Å². The van der Waals surface area contributed by atoms with E-state index in [1.165, 1.54) is 9.86 Å². The minimum atomic E-state index is 0.0321. The molecule has 0 bridgehead atoms. The molecule has 10 heavy (non-hydrogen) atoms. The van der Waals surface area contributed by atoms with Crippen LogP contribution in [0, 0.1) is 0 Å². The summed E-state index contributed by atoms with van der Waals surface area (Å²) in [5.74, 6) is 0. The summed E-state index contributed by atoms with van der Waals surface area (Å²) in [6.45, 7) is 0. The molecule has 0 saturated carbocycles. The average Bonchev–Trinajstić information content (AvgIpc) is 2.33. The fourth-order valence-electron chi connectivity index (χ4n) is 0.929. The molecular weight excluding hydrogens is 304 g/mol. The first-order chi connectivity index (χ1) is 4.86. The van der Waals surface area contributed by atoms with Gasteiger partial charge >= 0.3 is 78.0 Å². The maximum absolute atomic E-state index is 3.46. The molecule has 1 heterocycles. The van der Waals surface area contributed by atoms with Crippen molar-refractivity contribution < 1.29 is 0 Å². The Balaban J connectivity index is 2.86. The SMILES string of the molecule is Brc1ccc2cc[te]c2c1. The molecule has 2 rings (SSSR count). The van der Waals surface area contributed by atoms with Crippen LogP contribution in [0.1, 0.15) is 0 Å². The molecule has 0 aliphatic heterocycles. The molecule has 0 nitrogen and oxygen atoms in total. The normalized spacial score (nSPS) is 10.5. The number of fused-ring (bicyclic) bond motifs is 1. The van der Waals surface area contributed by atoms with Crippen LogP contribution in [0.5, 0.6) is 0 Å². The van der Waals surface area contributed by atoms with Gasteiger partial charge in [-0.25, -0.2) is 0 Å². The summed E-state index contributed by atoms with van der Waals surface area (Å²) in [4.78, 5) is 0. The van der Waals surface area contributed by atoms with E-state index in [9.17, 15) is 0 Å². The van der Waals surface area contributed by atoms with Gasteiger partial charge in [0.25, 0.3) is 0 Å². The molecule has 0 aliphatic carbocycles. The zero-order valence-corrected chi connectivity index (χ0v) is 9.09. The standard InChI is InChI=1S/C8H5BrTe/c9-7-2-1-6-3-4-10-8(6)5-7/h1-5H. The van der Waals surface area contributed by atoms with Crippen LogP contribution in [0.2, 0.25) is 0 Å². The third kappa shape index (κ3) is 1.16. The average molecular weight is 309 g/mol. The van der Waals surface area contributed by atoms with Crippen molar-refractivity contribution in [1.82, 2.24) is 0 Å². The molecule has 2 heteroatoms. The summed E-state index contributed by atoms with van der Waals surface area (Å²) in [7, 11) is 0. The predicted molar refractivity (Wildman–Crippen MR) is 48.6 cm³/mol. The van der Waals surface area contributed by atoms with Crippen LogP contribution in [-0.2, 0) is 0 Å². The van der Waals surface area contributed by atoms with Gasteiger partial charge in [0, 0.05) is 0 Å². The second-order valence-electron chi connectivity index (χ2n) is 2.10. The molecule has 0 radical (unpaired) electrons. The number of benzene rings is 1. The van der Waals surface area contributed by atoms with Gasteiger partial charge < -0.3 is 0 Å². The molecule has 0 saturated heterocycles. The zero-order valence-electron chi connectivity index (χ0n) is 5.17. The minimum absolute atomic E-state index is 0.0321. The van der Waals surface area contributed by atoms with E-state index in [1.54, 1.807) is 3.40 Å². The Hall–Kier alpha value is 0.230. The van der Waals surface area contributed by atoms with Crippen molar-refractivity contribution in [3.8, 4) is 0 Å². The van der Waals surface area contributed by atoms with Crippen LogP contribution in [0.25, 0.3) is 8.79 Å². The van der Waals surface area contributed by atoms with E-state index in [0.717, 1.165) is 0 Å². The van der Waals surface area contributed by atoms with E-state index in [2.05, 4.69) is 44.3 Å². The molecule has 2 aromatic rings. The van der Waals surface area contributed by atoms with E-state index in [4.69, 9.17) is 0 Å². The van der Waals surface area contributed by atoms with E-state index in [1.807, 2.05) is 0 Å². The van der Waals surface area contributed by atoms with Crippen molar-refractivity contribution >= 4 is 45.1 Å². The Kier molecular flexibility index (Phi) is 1.86. The fourth-order valence-corrected chi connectivity index (χ4v) is 4.13. The van der Waals surface area contributed by atoms with Gasteiger partial charge in [0.15, 0.2) is 0 Å². The predicted octanol–water partition coefficient (Wildman–Crippen LogP) is 2.66. The third-order valence-electron chi connectivity index (χ3n) is 1.42. The third-order valence-corrected chi connectivity index (χ3v) is 4.42. The quantitative estimate of drug-likeness (QED) is 0.657. The summed E-state index contributed by atoms with van der Waals surface area (Å²) >= 11 is 3.49. The topological polar surface area (TPSA) is 0 Å². The molecule has 0 aliphatic rings. The Morgan fingerprint density at radius 3 is 3.00 bits per heavy atom. The Labute approximate surface area is 77.6 Å². The second-order valence-corrected chi connectivity index (χ2v) is 5.72. The second kappa shape index (κ2) is 2.70. The maximum atomic E-state index is 3.46. The summed E-state index contributed by atoms with van der Waals surface area (Å²) < 4.78 is 5.09. The number of rotatable bonds is 0. The van der Waals surface area contributed by atoms with Crippen LogP contribution in [0.15, 0.2) is 32.8 Å². The molecule has 0 fully saturated rings. The Bertz CT molecular complexity index is 351. The van der Waals surface area contributed by atoms with Gasteiger partial charge in [0.1, 0.15) is 0 Å².